The minimum atomic E-state index is -0.981. The van der Waals surface area contributed by atoms with Crippen LogP contribution in [0.3, 0.4) is 0 Å². The van der Waals surface area contributed by atoms with E-state index in [1.807, 2.05) is 6.92 Å². The molecule has 0 unspecified atom stereocenters. The van der Waals surface area contributed by atoms with Crippen LogP contribution in [-0.2, 0) is 6.42 Å². The van der Waals surface area contributed by atoms with Gasteiger partial charge in [-0.3, -0.25) is 0 Å². The smallest absolute Gasteiger partial charge is 0.226 e. The molecule has 1 aromatic carbocycles. The number of benzene rings is 1. The van der Waals surface area contributed by atoms with Crippen molar-refractivity contribution in [1.82, 2.24) is 9.97 Å². The van der Waals surface area contributed by atoms with Gasteiger partial charge in [0.05, 0.1) is 5.56 Å². The minimum Gasteiger partial charge on any atom is -0.438 e. The van der Waals surface area contributed by atoms with Crippen molar-refractivity contribution in [3.8, 4) is 11.6 Å². The molecule has 2 rings (SSSR count). The molecule has 6 heteroatoms. The van der Waals surface area contributed by atoms with E-state index in [9.17, 15) is 8.78 Å². The van der Waals surface area contributed by atoms with Gasteiger partial charge in [-0.15, -0.1) is 0 Å². The van der Waals surface area contributed by atoms with Crippen LogP contribution < -0.4 is 4.74 Å². The normalized spacial score (nSPS) is 10.4. The summed E-state index contributed by atoms with van der Waals surface area (Å²) >= 11 is 5.89. The van der Waals surface area contributed by atoms with Crippen LogP contribution in [0.15, 0.2) is 24.5 Å². The van der Waals surface area contributed by atoms with Gasteiger partial charge in [0, 0.05) is 6.07 Å². The lowest BCUT2D eigenvalue weighted by Crippen LogP contribution is -1.97. The Morgan fingerprint density at radius 1 is 1.22 bits per heavy atom. The Morgan fingerprint density at radius 2 is 2.00 bits per heavy atom. The third kappa shape index (κ3) is 2.56. The molecule has 0 saturated carbocycles. The van der Waals surface area contributed by atoms with Crippen LogP contribution in [0.2, 0.25) is 5.15 Å². The molecule has 0 radical (unpaired) electrons. The molecule has 2 aromatic rings. The maximum absolute atomic E-state index is 13.0. The fourth-order valence-electron chi connectivity index (χ4n) is 1.41. The van der Waals surface area contributed by atoms with Crippen molar-refractivity contribution >= 4 is 11.6 Å². The van der Waals surface area contributed by atoms with Crippen LogP contribution in [0.5, 0.6) is 11.6 Å². The predicted molar refractivity (Wildman–Crippen MR) is 62.9 cm³/mol. The zero-order valence-electron chi connectivity index (χ0n) is 9.45. The number of hydrogen-bond acceptors (Lipinski definition) is 3. The molecule has 0 saturated heterocycles. The Bertz CT molecular complexity index is 578. The van der Waals surface area contributed by atoms with Gasteiger partial charge in [0.1, 0.15) is 17.2 Å². The molecule has 0 atom stereocenters. The van der Waals surface area contributed by atoms with E-state index in [4.69, 9.17) is 16.3 Å². The van der Waals surface area contributed by atoms with Gasteiger partial charge in [0.15, 0.2) is 11.6 Å². The molecule has 0 amide bonds. The van der Waals surface area contributed by atoms with Gasteiger partial charge in [0.25, 0.3) is 0 Å². The largest absolute Gasteiger partial charge is 0.438 e. The second-order valence-electron chi connectivity index (χ2n) is 3.48. The van der Waals surface area contributed by atoms with Crippen molar-refractivity contribution in [2.75, 3.05) is 0 Å². The summed E-state index contributed by atoms with van der Waals surface area (Å²) in [5.74, 6) is -1.52. The molecular formula is C12H9ClF2N2O. The summed E-state index contributed by atoms with van der Waals surface area (Å²) < 4.78 is 31.2. The maximum atomic E-state index is 13.0. The topological polar surface area (TPSA) is 35.0 Å². The molecule has 0 fully saturated rings. The molecule has 0 N–H and O–H groups in total. The molecule has 1 aromatic heterocycles. The summed E-state index contributed by atoms with van der Waals surface area (Å²) in [4.78, 5) is 7.75. The number of rotatable bonds is 3. The molecule has 18 heavy (non-hydrogen) atoms. The summed E-state index contributed by atoms with van der Waals surface area (Å²) in [7, 11) is 0. The lowest BCUT2D eigenvalue weighted by molar-refractivity contribution is 0.442. The summed E-state index contributed by atoms with van der Waals surface area (Å²) in [5.41, 5.74) is 0.615. The zero-order valence-corrected chi connectivity index (χ0v) is 10.2. The van der Waals surface area contributed by atoms with Crippen LogP contribution in [0.1, 0.15) is 12.5 Å². The minimum absolute atomic E-state index is 0.151. The average Bonchev–Trinajstić information content (AvgIpc) is 2.34. The number of ether oxygens (including phenoxy) is 1. The van der Waals surface area contributed by atoms with E-state index < -0.39 is 11.6 Å². The van der Waals surface area contributed by atoms with Crippen LogP contribution >= 0.6 is 11.6 Å². The van der Waals surface area contributed by atoms with Crippen molar-refractivity contribution in [2.45, 2.75) is 13.3 Å². The molecule has 0 aliphatic rings. The zero-order chi connectivity index (χ0) is 13.1. The van der Waals surface area contributed by atoms with Gasteiger partial charge in [-0.1, -0.05) is 18.5 Å². The highest BCUT2D eigenvalue weighted by atomic mass is 35.5. The third-order valence-corrected chi connectivity index (χ3v) is 2.64. The Hall–Kier alpha value is -1.75. The molecule has 0 aliphatic heterocycles. The van der Waals surface area contributed by atoms with E-state index in [1.165, 1.54) is 12.4 Å². The van der Waals surface area contributed by atoms with E-state index in [-0.39, 0.29) is 16.8 Å². The second kappa shape index (κ2) is 5.27. The van der Waals surface area contributed by atoms with Gasteiger partial charge in [-0.2, -0.15) is 0 Å². The maximum Gasteiger partial charge on any atom is 0.226 e. The van der Waals surface area contributed by atoms with Crippen LogP contribution in [0.4, 0.5) is 8.78 Å². The van der Waals surface area contributed by atoms with Gasteiger partial charge >= 0.3 is 0 Å². The van der Waals surface area contributed by atoms with Gasteiger partial charge in [-0.25, -0.2) is 18.7 Å². The Labute approximate surface area is 107 Å². The summed E-state index contributed by atoms with van der Waals surface area (Å²) in [6, 6.07) is 3.25. The average molecular weight is 271 g/mol. The molecule has 1 heterocycles. The van der Waals surface area contributed by atoms with Gasteiger partial charge < -0.3 is 4.74 Å². The molecule has 0 bridgehead atoms. The summed E-state index contributed by atoms with van der Waals surface area (Å²) in [6.45, 7) is 1.86. The van der Waals surface area contributed by atoms with Crippen molar-refractivity contribution < 1.29 is 13.5 Å². The SMILES string of the molecule is CCc1c(Cl)ncnc1Oc1ccc(F)c(F)c1. The predicted octanol–water partition coefficient (Wildman–Crippen LogP) is 3.76. The van der Waals surface area contributed by atoms with Crippen LogP contribution in [0, 0.1) is 11.6 Å². The second-order valence-corrected chi connectivity index (χ2v) is 3.84. The Kier molecular flexibility index (Phi) is 3.72. The van der Waals surface area contributed by atoms with Gasteiger partial charge in [0.2, 0.25) is 5.88 Å². The standard InChI is InChI=1S/C12H9ClF2N2O/c1-2-8-11(13)16-6-17-12(8)18-7-3-4-9(14)10(15)5-7/h3-6H,2H2,1H3. The lowest BCUT2D eigenvalue weighted by Gasteiger charge is -2.09. The molecular weight excluding hydrogens is 262 g/mol. The Morgan fingerprint density at radius 3 is 2.67 bits per heavy atom. The quantitative estimate of drug-likeness (QED) is 0.797. The fourth-order valence-corrected chi connectivity index (χ4v) is 1.67. The number of aromatic nitrogens is 2. The summed E-state index contributed by atoms with van der Waals surface area (Å²) in [5, 5.41) is 0.282. The van der Waals surface area contributed by atoms with E-state index in [1.54, 1.807) is 0 Å². The monoisotopic (exact) mass is 270 g/mol. The molecule has 0 spiro atoms. The van der Waals surface area contributed by atoms with E-state index in [0.717, 1.165) is 12.1 Å². The highest BCUT2D eigenvalue weighted by molar-refractivity contribution is 6.30. The number of nitrogens with zero attached hydrogens (tertiary/aromatic N) is 2. The third-order valence-electron chi connectivity index (χ3n) is 2.31. The number of halogens is 3. The summed E-state index contributed by atoms with van der Waals surface area (Å²) in [6.07, 6.45) is 1.81. The van der Waals surface area contributed by atoms with Gasteiger partial charge in [-0.05, 0) is 18.6 Å². The Balaban J connectivity index is 2.34. The van der Waals surface area contributed by atoms with Crippen molar-refractivity contribution in [3.63, 3.8) is 0 Å². The lowest BCUT2D eigenvalue weighted by atomic mass is 10.2. The first kappa shape index (κ1) is 12.7. The van der Waals surface area contributed by atoms with E-state index in [0.29, 0.717) is 12.0 Å². The first-order valence-corrected chi connectivity index (χ1v) is 5.62. The fraction of sp³-hybridized carbons (Fsp3) is 0.167. The van der Waals surface area contributed by atoms with Crippen LogP contribution in [0.25, 0.3) is 0 Å². The van der Waals surface area contributed by atoms with Crippen molar-refractivity contribution in [1.29, 1.82) is 0 Å². The highest BCUT2D eigenvalue weighted by Gasteiger charge is 2.11. The molecule has 94 valence electrons. The highest BCUT2D eigenvalue weighted by Crippen LogP contribution is 2.27. The first-order valence-electron chi connectivity index (χ1n) is 5.24. The molecule has 0 aliphatic carbocycles. The van der Waals surface area contributed by atoms with Crippen molar-refractivity contribution in [3.05, 3.63) is 46.9 Å². The van der Waals surface area contributed by atoms with Crippen LogP contribution in [-0.4, -0.2) is 9.97 Å². The number of hydrogen-bond donors (Lipinski definition) is 0. The van der Waals surface area contributed by atoms with Crippen molar-refractivity contribution in [2.24, 2.45) is 0 Å². The molecule has 3 nitrogen and oxygen atoms in total. The first-order chi connectivity index (χ1) is 8.61. The van der Waals surface area contributed by atoms with E-state index in [2.05, 4.69) is 9.97 Å². The van der Waals surface area contributed by atoms with E-state index >= 15 is 0 Å².